The van der Waals surface area contributed by atoms with Crippen molar-refractivity contribution >= 4 is 21.9 Å². The topological polar surface area (TPSA) is 61.8 Å². The van der Waals surface area contributed by atoms with Gasteiger partial charge in [-0.05, 0) is 30.3 Å². The number of fused-ring (bicyclic) bond motifs is 3. The summed E-state index contributed by atoms with van der Waals surface area (Å²) in [6.07, 6.45) is 3.21. The van der Waals surface area contributed by atoms with Gasteiger partial charge in [-0.3, -0.25) is 4.98 Å². The van der Waals surface area contributed by atoms with Gasteiger partial charge >= 0.3 is 0 Å². The number of benzene rings is 1. The van der Waals surface area contributed by atoms with E-state index in [0.29, 0.717) is 0 Å². The first kappa shape index (κ1) is 11.8. The van der Waals surface area contributed by atoms with Crippen molar-refractivity contribution in [1.82, 2.24) is 15.0 Å². The molecular formula is C16H10FN3O. The number of hydrogen-bond donors (Lipinski definition) is 2. The summed E-state index contributed by atoms with van der Waals surface area (Å²) in [5.41, 5.74) is 4.17. The zero-order chi connectivity index (χ0) is 14.4. The minimum atomic E-state index is -0.506. The van der Waals surface area contributed by atoms with E-state index >= 15 is 0 Å². The second-order valence-corrected chi connectivity index (χ2v) is 4.84. The Labute approximate surface area is 118 Å². The predicted octanol–water partition coefficient (Wildman–Crippen LogP) is 3.62. The average Bonchev–Trinajstić information content (AvgIpc) is 2.84. The maximum Gasteiger partial charge on any atom is 0.212 e. The van der Waals surface area contributed by atoms with Crippen molar-refractivity contribution in [3.63, 3.8) is 0 Å². The fourth-order valence-electron chi connectivity index (χ4n) is 2.47. The highest BCUT2D eigenvalue weighted by Gasteiger charge is 2.08. The molecule has 0 saturated carbocycles. The lowest BCUT2D eigenvalue weighted by Gasteiger charge is -2.00. The summed E-state index contributed by atoms with van der Waals surface area (Å²) in [7, 11) is 0. The molecule has 0 amide bonds. The Morgan fingerprint density at radius 2 is 1.76 bits per heavy atom. The summed E-state index contributed by atoms with van der Waals surface area (Å²) in [6, 6.07) is 10.1. The summed E-state index contributed by atoms with van der Waals surface area (Å²) >= 11 is 0. The monoisotopic (exact) mass is 279 g/mol. The Morgan fingerprint density at radius 3 is 2.57 bits per heavy atom. The van der Waals surface area contributed by atoms with Crippen LogP contribution >= 0.6 is 0 Å². The highest BCUT2D eigenvalue weighted by atomic mass is 19.1. The van der Waals surface area contributed by atoms with Crippen LogP contribution in [-0.2, 0) is 0 Å². The molecular weight excluding hydrogens is 269 g/mol. The first-order valence-corrected chi connectivity index (χ1v) is 6.43. The summed E-state index contributed by atoms with van der Waals surface area (Å²) in [6.45, 7) is 0. The van der Waals surface area contributed by atoms with Gasteiger partial charge in [-0.25, -0.2) is 4.98 Å². The molecule has 2 N–H and O–H groups in total. The lowest BCUT2D eigenvalue weighted by atomic mass is 10.1. The van der Waals surface area contributed by atoms with Crippen molar-refractivity contribution in [2.24, 2.45) is 0 Å². The van der Waals surface area contributed by atoms with Crippen LogP contribution in [0.2, 0.25) is 0 Å². The summed E-state index contributed by atoms with van der Waals surface area (Å²) in [4.78, 5) is 11.3. The second-order valence-electron chi connectivity index (χ2n) is 4.84. The first-order valence-electron chi connectivity index (χ1n) is 6.43. The third kappa shape index (κ3) is 1.90. The molecule has 0 fully saturated rings. The van der Waals surface area contributed by atoms with Crippen molar-refractivity contribution in [3.8, 4) is 16.9 Å². The summed E-state index contributed by atoms with van der Waals surface area (Å²) in [5.74, 6) is -0.300. The molecule has 102 valence electrons. The molecule has 0 aliphatic carbocycles. The maximum atomic E-state index is 12.9. The number of aromatic hydroxyl groups is 1. The van der Waals surface area contributed by atoms with Crippen molar-refractivity contribution in [3.05, 3.63) is 54.7 Å². The van der Waals surface area contributed by atoms with Gasteiger partial charge in [0.2, 0.25) is 5.95 Å². The molecule has 1 aromatic carbocycles. The van der Waals surface area contributed by atoms with Gasteiger partial charge in [-0.2, -0.15) is 4.39 Å². The van der Waals surface area contributed by atoms with Gasteiger partial charge in [0.1, 0.15) is 5.75 Å². The van der Waals surface area contributed by atoms with Crippen molar-refractivity contribution < 1.29 is 9.50 Å². The molecule has 4 rings (SSSR count). The number of aromatic amines is 1. The number of phenols is 1. The number of H-pyrrole nitrogens is 1. The largest absolute Gasteiger partial charge is 0.508 e. The molecule has 4 nitrogen and oxygen atoms in total. The van der Waals surface area contributed by atoms with Gasteiger partial charge < -0.3 is 10.1 Å². The van der Waals surface area contributed by atoms with E-state index in [9.17, 15) is 9.50 Å². The minimum Gasteiger partial charge on any atom is -0.508 e. The Hall–Kier alpha value is -2.95. The molecule has 0 aliphatic heterocycles. The van der Waals surface area contributed by atoms with E-state index in [1.807, 2.05) is 12.1 Å². The van der Waals surface area contributed by atoms with Crippen LogP contribution in [0.1, 0.15) is 0 Å². The molecule has 21 heavy (non-hydrogen) atoms. The minimum absolute atomic E-state index is 0.206. The van der Waals surface area contributed by atoms with Gasteiger partial charge in [-0.15, -0.1) is 0 Å². The van der Waals surface area contributed by atoms with E-state index in [0.717, 1.165) is 33.1 Å². The smallest absolute Gasteiger partial charge is 0.212 e. The highest BCUT2D eigenvalue weighted by Crippen LogP contribution is 2.29. The SMILES string of the molecule is Oc1ccc2c(c1)[nH]c1cc(-c3ccc(F)nc3)cnc12. The molecule has 0 bridgehead atoms. The molecule has 4 aromatic rings. The Balaban J connectivity index is 1.93. The predicted molar refractivity (Wildman–Crippen MR) is 78.5 cm³/mol. The number of nitrogens with one attached hydrogen (secondary N) is 1. The summed E-state index contributed by atoms with van der Waals surface area (Å²) in [5, 5.41) is 10.5. The van der Waals surface area contributed by atoms with Crippen LogP contribution in [-0.4, -0.2) is 20.1 Å². The van der Waals surface area contributed by atoms with Crippen molar-refractivity contribution in [2.45, 2.75) is 0 Å². The lowest BCUT2D eigenvalue weighted by Crippen LogP contribution is -1.85. The standard InChI is InChI=1S/C16H10FN3O/c17-15-4-1-9(7-18-15)10-5-14-16(19-8-10)12-3-2-11(21)6-13(12)20-14/h1-8,20-21H. The van der Waals surface area contributed by atoms with E-state index in [2.05, 4.69) is 15.0 Å². The Bertz CT molecular complexity index is 961. The number of aromatic nitrogens is 3. The quantitative estimate of drug-likeness (QED) is 0.523. The van der Waals surface area contributed by atoms with E-state index in [1.54, 1.807) is 24.4 Å². The van der Waals surface area contributed by atoms with Crippen LogP contribution in [0.15, 0.2) is 48.8 Å². The van der Waals surface area contributed by atoms with E-state index in [4.69, 9.17) is 0 Å². The molecule has 0 unspecified atom stereocenters. The van der Waals surface area contributed by atoms with Crippen LogP contribution in [0.4, 0.5) is 4.39 Å². The highest BCUT2D eigenvalue weighted by molar-refractivity contribution is 6.05. The van der Waals surface area contributed by atoms with Gasteiger partial charge in [0, 0.05) is 35.0 Å². The van der Waals surface area contributed by atoms with Crippen LogP contribution in [0, 0.1) is 5.95 Å². The first-order chi connectivity index (χ1) is 10.2. The molecule has 5 heteroatoms. The number of nitrogens with zero attached hydrogens (tertiary/aromatic N) is 2. The molecule has 0 saturated heterocycles. The molecule has 3 aromatic heterocycles. The molecule has 0 aliphatic rings. The molecule has 3 heterocycles. The number of phenolic OH excluding ortho intramolecular Hbond substituents is 1. The van der Waals surface area contributed by atoms with Gasteiger partial charge in [0.05, 0.1) is 16.6 Å². The zero-order valence-corrected chi connectivity index (χ0v) is 10.8. The van der Waals surface area contributed by atoms with Crippen LogP contribution in [0.25, 0.3) is 33.1 Å². The summed E-state index contributed by atoms with van der Waals surface area (Å²) < 4.78 is 12.9. The molecule has 0 radical (unpaired) electrons. The van der Waals surface area contributed by atoms with Gasteiger partial charge in [-0.1, -0.05) is 0 Å². The van der Waals surface area contributed by atoms with Crippen LogP contribution in [0.5, 0.6) is 5.75 Å². The zero-order valence-electron chi connectivity index (χ0n) is 10.8. The number of pyridine rings is 2. The van der Waals surface area contributed by atoms with Gasteiger partial charge in [0.25, 0.3) is 0 Å². The Kier molecular flexibility index (Phi) is 2.41. The Morgan fingerprint density at radius 1 is 0.905 bits per heavy atom. The average molecular weight is 279 g/mol. The fourth-order valence-corrected chi connectivity index (χ4v) is 2.47. The van der Waals surface area contributed by atoms with Crippen LogP contribution < -0.4 is 0 Å². The third-order valence-electron chi connectivity index (χ3n) is 3.48. The van der Waals surface area contributed by atoms with E-state index in [1.165, 1.54) is 12.3 Å². The molecule has 0 atom stereocenters. The number of halogens is 1. The third-order valence-corrected chi connectivity index (χ3v) is 3.48. The van der Waals surface area contributed by atoms with E-state index in [-0.39, 0.29) is 5.75 Å². The van der Waals surface area contributed by atoms with Crippen molar-refractivity contribution in [1.29, 1.82) is 0 Å². The molecule has 0 spiro atoms. The number of hydrogen-bond acceptors (Lipinski definition) is 3. The van der Waals surface area contributed by atoms with Gasteiger partial charge in [0.15, 0.2) is 0 Å². The fraction of sp³-hybridized carbons (Fsp3) is 0. The number of rotatable bonds is 1. The lowest BCUT2D eigenvalue weighted by molar-refractivity contribution is 0.476. The van der Waals surface area contributed by atoms with Crippen LogP contribution in [0.3, 0.4) is 0 Å². The second kappa shape index (κ2) is 4.28. The normalized spacial score (nSPS) is 11.3. The maximum absolute atomic E-state index is 12.9. The van der Waals surface area contributed by atoms with Crippen molar-refractivity contribution in [2.75, 3.05) is 0 Å². The van der Waals surface area contributed by atoms with E-state index < -0.39 is 5.95 Å².